The summed E-state index contributed by atoms with van der Waals surface area (Å²) in [7, 11) is 0. The van der Waals surface area contributed by atoms with Crippen molar-refractivity contribution in [3.05, 3.63) is 39.6 Å². The molecule has 0 amide bonds. The zero-order chi connectivity index (χ0) is 14.2. The topological polar surface area (TPSA) is 68.0 Å². The summed E-state index contributed by atoms with van der Waals surface area (Å²) in [6.45, 7) is 3.72. The van der Waals surface area contributed by atoms with Crippen LogP contribution in [-0.2, 0) is 0 Å². The van der Waals surface area contributed by atoms with E-state index in [-0.39, 0.29) is 11.6 Å². The van der Waals surface area contributed by atoms with Gasteiger partial charge in [-0.2, -0.15) is 0 Å². The standard InChI is InChI=1S/C12H11Cl2N3O2/c1-6(2)11-10(12(18)19)15-16-17(11)9-5-7(13)3-4-8(9)14/h3-6H,1-2H3,(H,18,19). The predicted octanol–water partition coefficient (Wildman–Crippen LogP) is 3.40. The van der Waals surface area contributed by atoms with Crippen molar-refractivity contribution in [2.24, 2.45) is 0 Å². The van der Waals surface area contributed by atoms with E-state index in [2.05, 4.69) is 10.3 Å². The van der Waals surface area contributed by atoms with Crippen LogP contribution < -0.4 is 0 Å². The number of carboxylic acids is 1. The van der Waals surface area contributed by atoms with Crippen LogP contribution in [-0.4, -0.2) is 26.1 Å². The molecule has 7 heteroatoms. The number of aromatic nitrogens is 3. The summed E-state index contributed by atoms with van der Waals surface area (Å²) in [6, 6.07) is 4.90. The van der Waals surface area contributed by atoms with Gasteiger partial charge in [0.2, 0.25) is 0 Å². The lowest BCUT2D eigenvalue weighted by Gasteiger charge is -2.11. The van der Waals surface area contributed by atoms with Crippen LogP contribution >= 0.6 is 23.2 Å². The van der Waals surface area contributed by atoms with E-state index in [4.69, 9.17) is 28.3 Å². The largest absolute Gasteiger partial charge is 0.476 e. The van der Waals surface area contributed by atoms with Crippen molar-refractivity contribution < 1.29 is 9.90 Å². The Hall–Kier alpha value is -1.59. The molecule has 1 N–H and O–H groups in total. The van der Waals surface area contributed by atoms with Gasteiger partial charge in [0.15, 0.2) is 5.69 Å². The highest BCUT2D eigenvalue weighted by Gasteiger charge is 2.23. The van der Waals surface area contributed by atoms with Gasteiger partial charge in [-0.25, -0.2) is 9.48 Å². The van der Waals surface area contributed by atoms with Gasteiger partial charge in [-0.05, 0) is 24.1 Å². The number of hydrogen-bond donors (Lipinski definition) is 1. The van der Waals surface area contributed by atoms with Gasteiger partial charge in [0.25, 0.3) is 0 Å². The Morgan fingerprint density at radius 1 is 1.37 bits per heavy atom. The number of rotatable bonds is 3. The van der Waals surface area contributed by atoms with Crippen LogP contribution in [0.4, 0.5) is 0 Å². The first-order chi connectivity index (χ1) is 8.91. The fourth-order valence-corrected chi connectivity index (χ4v) is 2.15. The molecule has 0 unspecified atom stereocenters. The second kappa shape index (κ2) is 5.19. The van der Waals surface area contributed by atoms with Gasteiger partial charge in [-0.3, -0.25) is 0 Å². The monoisotopic (exact) mass is 299 g/mol. The molecule has 19 heavy (non-hydrogen) atoms. The summed E-state index contributed by atoms with van der Waals surface area (Å²) in [5, 5.41) is 17.6. The highest BCUT2D eigenvalue weighted by atomic mass is 35.5. The fraction of sp³-hybridized carbons (Fsp3) is 0.250. The average molecular weight is 300 g/mol. The first-order valence-electron chi connectivity index (χ1n) is 5.56. The molecule has 1 aromatic heterocycles. The lowest BCUT2D eigenvalue weighted by molar-refractivity contribution is 0.0688. The van der Waals surface area contributed by atoms with Gasteiger partial charge >= 0.3 is 5.97 Å². The van der Waals surface area contributed by atoms with E-state index in [1.54, 1.807) is 18.2 Å². The zero-order valence-electron chi connectivity index (χ0n) is 10.3. The van der Waals surface area contributed by atoms with Gasteiger partial charge in [0, 0.05) is 5.02 Å². The number of nitrogens with zero attached hydrogens (tertiary/aromatic N) is 3. The van der Waals surface area contributed by atoms with Crippen LogP contribution in [0.3, 0.4) is 0 Å². The first kappa shape index (κ1) is 13.8. The third kappa shape index (κ3) is 2.57. The third-order valence-corrected chi connectivity index (χ3v) is 3.15. The summed E-state index contributed by atoms with van der Waals surface area (Å²) in [5.74, 6) is -1.19. The lowest BCUT2D eigenvalue weighted by Crippen LogP contribution is -2.08. The second-order valence-electron chi connectivity index (χ2n) is 4.29. The molecule has 5 nitrogen and oxygen atoms in total. The summed E-state index contributed by atoms with van der Waals surface area (Å²) >= 11 is 12.0. The van der Waals surface area contributed by atoms with Crippen molar-refractivity contribution in [1.82, 2.24) is 15.0 Å². The van der Waals surface area contributed by atoms with E-state index in [0.29, 0.717) is 21.4 Å². The molecule has 2 aromatic rings. The Morgan fingerprint density at radius 3 is 2.63 bits per heavy atom. The molecule has 0 saturated carbocycles. The molecule has 0 saturated heterocycles. The number of carboxylic acid groups (broad SMARTS) is 1. The van der Waals surface area contributed by atoms with Crippen molar-refractivity contribution in [1.29, 1.82) is 0 Å². The molecule has 0 bridgehead atoms. The Kier molecular flexibility index (Phi) is 3.78. The molecule has 0 aliphatic rings. The first-order valence-corrected chi connectivity index (χ1v) is 6.31. The predicted molar refractivity (Wildman–Crippen MR) is 72.4 cm³/mol. The SMILES string of the molecule is CC(C)c1c(C(=O)O)nnn1-c1cc(Cl)ccc1Cl. The molecular weight excluding hydrogens is 289 g/mol. The highest BCUT2D eigenvalue weighted by molar-refractivity contribution is 6.34. The van der Waals surface area contributed by atoms with Crippen LogP contribution in [0.15, 0.2) is 18.2 Å². The minimum atomic E-state index is -1.12. The van der Waals surface area contributed by atoms with Crippen LogP contribution in [0.1, 0.15) is 35.9 Å². The minimum Gasteiger partial charge on any atom is -0.476 e. The number of carbonyl (C=O) groups is 1. The Morgan fingerprint density at radius 2 is 2.05 bits per heavy atom. The van der Waals surface area contributed by atoms with Crippen molar-refractivity contribution >= 4 is 29.2 Å². The fourth-order valence-electron chi connectivity index (χ4n) is 1.79. The smallest absolute Gasteiger partial charge is 0.358 e. The number of hydrogen-bond acceptors (Lipinski definition) is 3. The van der Waals surface area contributed by atoms with Crippen LogP contribution in [0.2, 0.25) is 10.0 Å². The summed E-state index contributed by atoms with van der Waals surface area (Å²) in [5.41, 5.74) is 0.917. The van der Waals surface area contributed by atoms with Gasteiger partial charge in [0.05, 0.1) is 16.4 Å². The van der Waals surface area contributed by atoms with Crippen molar-refractivity contribution in [2.75, 3.05) is 0 Å². The Bertz CT molecular complexity index is 638. The summed E-state index contributed by atoms with van der Waals surface area (Å²) < 4.78 is 1.42. The molecule has 0 atom stereocenters. The quantitative estimate of drug-likeness (QED) is 0.943. The van der Waals surface area contributed by atoms with Crippen molar-refractivity contribution in [3.8, 4) is 5.69 Å². The van der Waals surface area contributed by atoms with E-state index in [1.165, 1.54) is 4.68 Å². The molecule has 0 aliphatic carbocycles. The molecule has 1 heterocycles. The molecule has 2 rings (SSSR count). The Balaban J connectivity index is 2.69. The summed E-state index contributed by atoms with van der Waals surface area (Å²) in [4.78, 5) is 11.1. The molecular formula is C12H11Cl2N3O2. The van der Waals surface area contributed by atoms with Crippen molar-refractivity contribution in [2.45, 2.75) is 19.8 Å². The van der Waals surface area contributed by atoms with E-state index in [9.17, 15) is 4.79 Å². The molecule has 1 aromatic carbocycles. The van der Waals surface area contributed by atoms with Gasteiger partial charge in [-0.1, -0.05) is 42.3 Å². The molecule has 100 valence electrons. The van der Waals surface area contributed by atoms with Crippen LogP contribution in [0, 0.1) is 0 Å². The number of benzene rings is 1. The van der Waals surface area contributed by atoms with E-state index in [1.807, 2.05) is 13.8 Å². The second-order valence-corrected chi connectivity index (χ2v) is 5.13. The summed E-state index contributed by atoms with van der Waals surface area (Å²) in [6.07, 6.45) is 0. The van der Waals surface area contributed by atoms with Gasteiger partial charge < -0.3 is 5.11 Å². The maximum Gasteiger partial charge on any atom is 0.358 e. The molecule has 0 fully saturated rings. The minimum absolute atomic E-state index is 0.0730. The van der Waals surface area contributed by atoms with Crippen LogP contribution in [0.5, 0.6) is 0 Å². The average Bonchev–Trinajstić information content (AvgIpc) is 2.76. The molecule has 0 spiro atoms. The third-order valence-electron chi connectivity index (χ3n) is 2.59. The van der Waals surface area contributed by atoms with Crippen LogP contribution in [0.25, 0.3) is 5.69 Å². The maximum absolute atomic E-state index is 11.1. The normalized spacial score (nSPS) is 11.0. The zero-order valence-corrected chi connectivity index (χ0v) is 11.8. The Labute approximate surface area is 119 Å². The number of aromatic carboxylic acids is 1. The molecule has 0 aliphatic heterocycles. The maximum atomic E-state index is 11.1. The van der Waals surface area contributed by atoms with E-state index >= 15 is 0 Å². The van der Waals surface area contributed by atoms with E-state index < -0.39 is 5.97 Å². The molecule has 0 radical (unpaired) electrons. The van der Waals surface area contributed by atoms with Crippen molar-refractivity contribution in [3.63, 3.8) is 0 Å². The highest BCUT2D eigenvalue weighted by Crippen LogP contribution is 2.28. The van der Waals surface area contributed by atoms with E-state index in [0.717, 1.165) is 0 Å². The van der Waals surface area contributed by atoms with Gasteiger partial charge in [-0.15, -0.1) is 5.10 Å². The van der Waals surface area contributed by atoms with Gasteiger partial charge in [0.1, 0.15) is 0 Å². The lowest BCUT2D eigenvalue weighted by atomic mass is 10.1. The number of halogens is 2.